The van der Waals surface area contributed by atoms with Crippen molar-refractivity contribution in [2.45, 2.75) is 39.7 Å². The van der Waals surface area contributed by atoms with Crippen molar-refractivity contribution in [1.82, 2.24) is 9.66 Å². The van der Waals surface area contributed by atoms with Crippen LogP contribution >= 0.6 is 27.5 Å². The highest BCUT2D eigenvalue weighted by Crippen LogP contribution is 2.38. The summed E-state index contributed by atoms with van der Waals surface area (Å²) in [7, 11) is 0. The molecule has 0 unspecified atom stereocenters. The number of aromatic nitrogens is 2. The van der Waals surface area contributed by atoms with Crippen LogP contribution in [0.3, 0.4) is 0 Å². The molecular formula is C29H27BrClN3O5. The van der Waals surface area contributed by atoms with Crippen LogP contribution in [0, 0.1) is 0 Å². The Labute approximate surface area is 239 Å². The molecule has 0 saturated carbocycles. The molecule has 39 heavy (non-hydrogen) atoms. The number of fused-ring (bicyclic) bond motifs is 2. The lowest BCUT2D eigenvalue weighted by Crippen LogP contribution is -2.23. The Bertz CT molecular complexity index is 1620. The van der Waals surface area contributed by atoms with Gasteiger partial charge in [0.15, 0.2) is 23.0 Å². The van der Waals surface area contributed by atoms with E-state index in [1.165, 1.54) is 4.68 Å². The average Bonchev–Trinajstić information content (AvgIpc) is 3.40. The van der Waals surface area contributed by atoms with Crippen LogP contribution in [0.25, 0.3) is 10.9 Å². The SMILES string of the molecule is CCOc1cc(C=Nn2c([C@H](C)CC)nc3ccc(Br)cc3c2=O)cc(Cl)c1OCc1ccc2c(c1)OCO2. The molecule has 5 rings (SSSR count). The average molecular weight is 613 g/mol. The van der Waals surface area contributed by atoms with Crippen LogP contribution in [-0.2, 0) is 6.61 Å². The van der Waals surface area contributed by atoms with Gasteiger partial charge in [-0.2, -0.15) is 9.78 Å². The third-order valence-corrected chi connectivity index (χ3v) is 7.13. The second kappa shape index (κ2) is 11.7. The van der Waals surface area contributed by atoms with E-state index >= 15 is 0 Å². The molecule has 4 aromatic rings. The van der Waals surface area contributed by atoms with Gasteiger partial charge in [-0.1, -0.05) is 47.4 Å². The van der Waals surface area contributed by atoms with Crippen LogP contribution in [0.5, 0.6) is 23.0 Å². The molecule has 0 fully saturated rings. The first-order valence-corrected chi connectivity index (χ1v) is 13.8. The highest BCUT2D eigenvalue weighted by molar-refractivity contribution is 9.10. The van der Waals surface area contributed by atoms with Crippen molar-refractivity contribution in [2.75, 3.05) is 13.4 Å². The number of hydrogen-bond acceptors (Lipinski definition) is 7. The Morgan fingerprint density at radius 3 is 2.74 bits per heavy atom. The zero-order valence-electron chi connectivity index (χ0n) is 21.7. The highest BCUT2D eigenvalue weighted by atomic mass is 79.9. The largest absolute Gasteiger partial charge is 0.490 e. The molecule has 0 amide bonds. The van der Waals surface area contributed by atoms with Crippen LogP contribution in [0.15, 0.2) is 62.9 Å². The normalized spacial score (nSPS) is 13.3. The van der Waals surface area contributed by atoms with E-state index in [4.69, 9.17) is 35.5 Å². The fourth-order valence-corrected chi connectivity index (χ4v) is 4.79. The van der Waals surface area contributed by atoms with Gasteiger partial charge in [0.05, 0.1) is 28.7 Å². The van der Waals surface area contributed by atoms with Crippen LogP contribution < -0.4 is 24.5 Å². The van der Waals surface area contributed by atoms with E-state index in [1.807, 2.05) is 51.1 Å². The number of hydrogen-bond donors (Lipinski definition) is 0. The minimum atomic E-state index is -0.243. The first-order chi connectivity index (χ1) is 18.9. The molecule has 1 aliphatic rings. The van der Waals surface area contributed by atoms with Gasteiger partial charge < -0.3 is 18.9 Å². The standard InChI is InChI=1S/C29H27BrClN3O5/c1-4-17(3)28-33-23-8-7-20(30)13-21(23)29(35)34(28)32-14-19-10-22(31)27(26(12-19)36-5-2)37-15-18-6-9-24-25(11-18)39-16-38-24/h6-14,17H,4-5,15-16H2,1-3H3/t17-/m1/s1. The molecule has 2 heterocycles. The molecule has 10 heteroatoms. The van der Waals surface area contributed by atoms with Gasteiger partial charge in [0, 0.05) is 10.4 Å². The van der Waals surface area contributed by atoms with Crippen molar-refractivity contribution in [3.05, 3.63) is 85.3 Å². The number of rotatable bonds is 9. The molecule has 0 aliphatic carbocycles. The molecular weight excluding hydrogens is 586 g/mol. The van der Waals surface area contributed by atoms with Crippen LogP contribution in [0.2, 0.25) is 5.02 Å². The fourth-order valence-electron chi connectivity index (χ4n) is 4.16. The predicted molar refractivity (Wildman–Crippen MR) is 155 cm³/mol. The molecule has 1 aromatic heterocycles. The maximum absolute atomic E-state index is 13.4. The zero-order chi connectivity index (χ0) is 27.5. The second-order valence-electron chi connectivity index (χ2n) is 9.04. The fraction of sp³-hybridized carbons (Fsp3) is 0.276. The van der Waals surface area contributed by atoms with E-state index in [-0.39, 0.29) is 24.9 Å². The summed E-state index contributed by atoms with van der Waals surface area (Å²) < 4.78 is 24.9. The smallest absolute Gasteiger partial charge is 0.282 e. The quantitative estimate of drug-likeness (QED) is 0.191. The van der Waals surface area contributed by atoms with Gasteiger partial charge in [0.25, 0.3) is 5.56 Å². The van der Waals surface area contributed by atoms with Crippen molar-refractivity contribution in [1.29, 1.82) is 0 Å². The monoisotopic (exact) mass is 611 g/mol. The number of benzene rings is 3. The zero-order valence-corrected chi connectivity index (χ0v) is 24.1. The Hall–Kier alpha value is -3.56. The third kappa shape index (κ3) is 5.74. The van der Waals surface area contributed by atoms with Gasteiger partial charge in [-0.3, -0.25) is 4.79 Å². The number of nitrogens with zero attached hydrogens (tertiary/aromatic N) is 3. The van der Waals surface area contributed by atoms with Crippen LogP contribution in [0.4, 0.5) is 0 Å². The Morgan fingerprint density at radius 1 is 1.13 bits per heavy atom. The summed E-state index contributed by atoms with van der Waals surface area (Å²) in [6, 6.07) is 14.6. The number of ether oxygens (including phenoxy) is 4. The maximum atomic E-state index is 13.4. The summed E-state index contributed by atoms with van der Waals surface area (Å²) in [5.41, 5.74) is 1.94. The van der Waals surface area contributed by atoms with Crippen molar-refractivity contribution >= 4 is 44.6 Å². The highest BCUT2D eigenvalue weighted by Gasteiger charge is 2.18. The van der Waals surface area contributed by atoms with E-state index in [9.17, 15) is 4.79 Å². The van der Waals surface area contributed by atoms with E-state index in [1.54, 1.807) is 24.4 Å². The predicted octanol–water partition coefficient (Wildman–Crippen LogP) is 6.91. The maximum Gasteiger partial charge on any atom is 0.282 e. The molecule has 0 spiro atoms. The van der Waals surface area contributed by atoms with Crippen LogP contribution in [-0.4, -0.2) is 29.3 Å². The minimum absolute atomic E-state index is 0.0254. The molecule has 0 N–H and O–H groups in total. The topological polar surface area (TPSA) is 84.2 Å². The molecule has 0 saturated heterocycles. The van der Waals surface area contributed by atoms with Crippen molar-refractivity contribution in [3.8, 4) is 23.0 Å². The van der Waals surface area contributed by atoms with Crippen LogP contribution in [0.1, 0.15) is 50.1 Å². The molecule has 1 atom stereocenters. The van der Waals surface area contributed by atoms with E-state index in [0.717, 1.165) is 16.5 Å². The lowest BCUT2D eigenvalue weighted by molar-refractivity contribution is 0.174. The molecule has 0 radical (unpaired) electrons. The molecule has 0 bridgehead atoms. The summed E-state index contributed by atoms with van der Waals surface area (Å²) in [5.74, 6) is 2.90. The Balaban J connectivity index is 1.47. The van der Waals surface area contributed by atoms with Gasteiger partial charge in [0.1, 0.15) is 12.4 Å². The molecule has 3 aromatic carbocycles. The summed E-state index contributed by atoms with van der Waals surface area (Å²) in [4.78, 5) is 18.2. The van der Waals surface area contributed by atoms with E-state index in [2.05, 4.69) is 21.0 Å². The first-order valence-electron chi connectivity index (χ1n) is 12.6. The number of halogens is 2. The van der Waals surface area contributed by atoms with Gasteiger partial charge >= 0.3 is 0 Å². The van der Waals surface area contributed by atoms with Gasteiger partial charge in [-0.05, 0) is 66.9 Å². The molecule has 202 valence electrons. The van der Waals surface area contributed by atoms with Crippen molar-refractivity contribution < 1.29 is 18.9 Å². The summed E-state index contributed by atoms with van der Waals surface area (Å²) >= 11 is 10.1. The lowest BCUT2D eigenvalue weighted by atomic mass is 10.1. The summed E-state index contributed by atoms with van der Waals surface area (Å²) in [5, 5.41) is 5.38. The van der Waals surface area contributed by atoms with E-state index in [0.29, 0.717) is 56.9 Å². The lowest BCUT2D eigenvalue weighted by Gasteiger charge is -2.15. The Kier molecular flexibility index (Phi) is 8.09. The molecule has 1 aliphatic heterocycles. The van der Waals surface area contributed by atoms with E-state index < -0.39 is 0 Å². The second-order valence-corrected chi connectivity index (χ2v) is 10.4. The summed E-state index contributed by atoms with van der Waals surface area (Å²) in [6.07, 6.45) is 2.38. The third-order valence-electron chi connectivity index (χ3n) is 6.36. The van der Waals surface area contributed by atoms with Gasteiger partial charge in [-0.15, -0.1) is 0 Å². The minimum Gasteiger partial charge on any atom is -0.490 e. The van der Waals surface area contributed by atoms with Gasteiger partial charge in [0.2, 0.25) is 6.79 Å². The Morgan fingerprint density at radius 2 is 1.95 bits per heavy atom. The summed E-state index contributed by atoms with van der Waals surface area (Å²) in [6.45, 7) is 6.84. The molecule has 8 nitrogen and oxygen atoms in total. The first kappa shape index (κ1) is 27.0. The van der Waals surface area contributed by atoms with Crippen molar-refractivity contribution in [2.24, 2.45) is 5.10 Å². The van der Waals surface area contributed by atoms with Crippen molar-refractivity contribution in [3.63, 3.8) is 0 Å². The van der Waals surface area contributed by atoms with Gasteiger partial charge in [-0.25, -0.2) is 4.98 Å².